The van der Waals surface area contributed by atoms with E-state index in [4.69, 9.17) is 23.2 Å². The van der Waals surface area contributed by atoms with Crippen molar-refractivity contribution in [2.75, 3.05) is 23.7 Å². The standard InChI is InChI=1S/C28H30Cl2FN3O4S/c1-3-13-32-28(36)26(14-20-7-5-4-6-8-20)33(18-21-9-11-24(31)12-10-21)27(35)19-34(39(2,37)38)25-16-22(29)15-23(30)17-25/h4-12,15-17,26H,3,13-14,18-19H2,1-2H3,(H,32,36). The van der Waals surface area contributed by atoms with Crippen molar-refractivity contribution < 1.29 is 22.4 Å². The number of hydrogen-bond acceptors (Lipinski definition) is 4. The fourth-order valence-electron chi connectivity index (χ4n) is 4.00. The molecule has 0 aromatic heterocycles. The molecular weight excluding hydrogens is 564 g/mol. The molecule has 2 amide bonds. The molecule has 0 spiro atoms. The Bertz CT molecular complexity index is 1370. The van der Waals surface area contributed by atoms with E-state index in [1.807, 2.05) is 37.3 Å². The van der Waals surface area contributed by atoms with E-state index in [2.05, 4.69) is 5.32 Å². The average molecular weight is 595 g/mol. The van der Waals surface area contributed by atoms with Crippen LogP contribution in [0.4, 0.5) is 10.1 Å². The van der Waals surface area contributed by atoms with Crippen LogP contribution in [0.2, 0.25) is 10.0 Å². The lowest BCUT2D eigenvalue weighted by Crippen LogP contribution is -2.53. The molecule has 0 aliphatic carbocycles. The van der Waals surface area contributed by atoms with E-state index in [0.717, 1.165) is 16.1 Å². The van der Waals surface area contributed by atoms with Crippen LogP contribution in [0.5, 0.6) is 0 Å². The molecule has 0 aliphatic rings. The maximum atomic E-state index is 13.9. The predicted octanol–water partition coefficient (Wildman–Crippen LogP) is 5.06. The van der Waals surface area contributed by atoms with E-state index in [9.17, 15) is 22.4 Å². The fourth-order valence-corrected chi connectivity index (χ4v) is 5.35. The van der Waals surface area contributed by atoms with Crippen molar-refractivity contribution in [2.45, 2.75) is 32.4 Å². The van der Waals surface area contributed by atoms with Gasteiger partial charge in [0.25, 0.3) is 0 Å². The van der Waals surface area contributed by atoms with E-state index in [1.54, 1.807) is 0 Å². The van der Waals surface area contributed by atoms with Gasteiger partial charge in [0.2, 0.25) is 21.8 Å². The first-order chi connectivity index (χ1) is 18.5. The van der Waals surface area contributed by atoms with Crippen LogP contribution in [0, 0.1) is 5.82 Å². The first-order valence-electron chi connectivity index (χ1n) is 12.3. The summed E-state index contributed by atoms with van der Waals surface area (Å²) in [6.07, 6.45) is 1.84. The van der Waals surface area contributed by atoms with E-state index in [1.165, 1.54) is 47.4 Å². The number of amides is 2. The molecule has 1 atom stereocenters. The van der Waals surface area contributed by atoms with Crippen LogP contribution in [-0.4, -0.2) is 50.5 Å². The van der Waals surface area contributed by atoms with Gasteiger partial charge in [-0.25, -0.2) is 12.8 Å². The molecular formula is C28H30Cl2FN3O4S. The van der Waals surface area contributed by atoms with Crippen LogP contribution in [-0.2, 0) is 32.6 Å². The zero-order valence-electron chi connectivity index (χ0n) is 21.6. The predicted molar refractivity (Wildman–Crippen MR) is 153 cm³/mol. The molecule has 11 heteroatoms. The lowest BCUT2D eigenvalue weighted by molar-refractivity contribution is -0.140. The van der Waals surface area contributed by atoms with Crippen LogP contribution < -0.4 is 9.62 Å². The molecule has 0 radical (unpaired) electrons. The number of carbonyl (C=O) groups is 2. The monoisotopic (exact) mass is 593 g/mol. The van der Waals surface area contributed by atoms with Crippen LogP contribution in [0.15, 0.2) is 72.8 Å². The van der Waals surface area contributed by atoms with E-state index >= 15 is 0 Å². The second-order valence-corrected chi connectivity index (χ2v) is 11.8. The van der Waals surface area contributed by atoms with Gasteiger partial charge in [0.15, 0.2) is 0 Å². The van der Waals surface area contributed by atoms with Gasteiger partial charge in [-0.2, -0.15) is 0 Å². The molecule has 0 fully saturated rings. The zero-order chi connectivity index (χ0) is 28.6. The number of nitrogens with zero attached hydrogens (tertiary/aromatic N) is 2. The Labute approximate surface area is 238 Å². The third kappa shape index (κ3) is 8.95. The highest BCUT2D eigenvalue weighted by Crippen LogP contribution is 2.27. The second kappa shape index (κ2) is 13.8. The number of halogens is 3. The van der Waals surface area contributed by atoms with Crippen molar-refractivity contribution in [2.24, 2.45) is 0 Å². The number of hydrogen-bond donors (Lipinski definition) is 1. The molecule has 0 heterocycles. The third-order valence-corrected chi connectivity index (χ3v) is 7.48. The van der Waals surface area contributed by atoms with Gasteiger partial charge >= 0.3 is 0 Å². The second-order valence-electron chi connectivity index (χ2n) is 9.04. The first kappa shape index (κ1) is 30.4. The van der Waals surface area contributed by atoms with Gasteiger partial charge in [0, 0.05) is 29.6 Å². The highest BCUT2D eigenvalue weighted by molar-refractivity contribution is 7.92. The Kier molecular flexibility index (Phi) is 10.7. The summed E-state index contributed by atoms with van der Waals surface area (Å²) in [6, 6.07) is 18.0. The van der Waals surface area contributed by atoms with Crippen molar-refractivity contribution in [1.82, 2.24) is 10.2 Å². The number of rotatable bonds is 12. The summed E-state index contributed by atoms with van der Waals surface area (Å²) >= 11 is 12.2. The maximum absolute atomic E-state index is 13.9. The highest BCUT2D eigenvalue weighted by atomic mass is 35.5. The maximum Gasteiger partial charge on any atom is 0.244 e. The van der Waals surface area contributed by atoms with Gasteiger partial charge < -0.3 is 10.2 Å². The summed E-state index contributed by atoms with van der Waals surface area (Å²) in [5.74, 6) is -1.46. The molecule has 0 saturated heterocycles. The van der Waals surface area contributed by atoms with Gasteiger partial charge in [0.1, 0.15) is 18.4 Å². The van der Waals surface area contributed by atoms with Gasteiger partial charge in [-0.05, 0) is 47.9 Å². The molecule has 39 heavy (non-hydrogen) atoms. The quantitative estimate of drug-likeness (QED) is 0.318. The molecule has 7 nitrogen and oxygen atoms in total. The Morgan fingerprint density at radius 1 is 0.949 bits per heavy atom. The lowest BCUT2D eigenvalue weighted by Gasteiger charge is -2.33. The summed E-state index contributed by atoms with van der Waals surface area (Å²) in [5.41, 5.74) is 1.50. The molecule has 0 aliphatic heterocycles. The molecule has 1 unspecified atom stereocenters. The molecule has 3 aromatic carbocycles. The lowest BCUT2D eigenvalue weighted by atomic mass is 10.0. The minimum Gasteiger partial charge on any atom is -0.354 e. The van der Waals surface area contributed by atoms with E-state index < -0.39 is 34.3 Å². The molecule has 0 saturated carbocycles. The summed E-state index contributed by atoms with van der Waals surface area (Å²) < 4.78 is 40.1. The molecule has 3 aromatic rings. The average Bonchev–Trinajstić information content (AvgIpc) is 2.88. The minimum absolute atomic E-state index is 0.0515. The summed E-state index contributed by atoms with van der Waals surface area (Å²) in [7, 11) is -3.96. The van der Waals surface area contributed by atoms with Gasteiger partial charge in [-0.15, -0.1) is 0 Å². The Morgan fingerprint density at radius 3 is 2.13 bits per heavy atom. The Morgan fingerprint density at radius 2 is 1.56 bits per heavy atom. The van der Waals surface area contributed by atoms with Crippen molar-refractivity contribution in [3.8, 4) is 0 Å². The number of carbonyl (C=O) groups excluding carboxylic acids is 2. The van der Waals surface area contributed by atoms with Gasteiger partial charge in [0.05, 0.1) is 11.9 Å². The third-order valence-electron chi connectivity index (χ3n) is 5.90. The Balaban J connectivity index is 2.05. The van der Waals surface area contributed by atoms with Crippen LogP contribution in [0.25, 0.3) is 0 Å². The van der Waals surface area contributed by atoms with Crippen molar-refractivity contribution in [3.63, 3.8) is 0 Å². The van der Waals surface area contributed by atoms with Crippen LogP contribution in [0.1, 0.15) is 24.5 Å². The normalized spacial score (nSPS) is 12.0. The summed E-state index contributed by atoms with van der Waals surface area (Å²) in [4.78, 5) is 28.7. The molecule has 208 valence electrons. The van der Waals surface area contributed by atoms with Gasteiger partial charge in [-0.1, -0.05) is 72.6 Å². The zero-order valence-corrected chi connectivity index (χ0v) is 23.9. The van der Waals surface area contributed by atoms with Crippen molar-refractivity contribution in [1.29, 1.82) is 0 Å². The molecule has 1 N–H and O–H groups in total. The summed E-state index contributed by atoms with van der Waals surface area (Å²) in [6.45, 7) is 1.65. The summed E-state index contributed by atoms with van der Waals surface area (Å²) in [5, 5.41) is 3.25. The molecule has 3 rings (SSSR count). The number of anilines is 1. The fraction of sp³-hybridized carbons (Fsp3) is 0.286. The number of nitrogens with one attached hydrogen (secondary N) is 1. The van der Waals surface area contributed by atoms with Crippen molar-refractivity contribution in [3.05, 3.63) is 99.8 Å². The van der Waals surface area contributed by atoms with Crippen LogP contribution in [0.3, 0.4) is 0 Å². The smallest absolute Gasteiger partial charge is 0.244 e. The van der Waals surface area contributed by atoms with E-state index in [-0.39, 0.29) is 34.6 Å². The van der Waals surface area contributed by atoms with Crippen molar-refractivity contribution >= 4 is 50.7 Å². The van der Waals surface area contributed by atoms with Crippen LogP contribution >= 0.6 is 23.2 Å². The van der Waals surface area contributed by atoms with Gasteiger partial charge in [-0.3, -0.25) is 13.9 Å². The Hall–Kier alpha value is -3.14. The van der Waals surface area contributed by atoms with E-state index in [0.29, 0.717) is 18.5 Å². The highest BCUT2D eigenvalue weighted by Gasteiger charge is 2.33. The minimum atomic E-state index is -3.96. The number of benzene rings is 3. The molecule has 0 bridgehead atoms. The largest absolute Gasteiger partial charge is 0.354 e. The topological polar surface area (TPSA) is 86.8 Å². The SMILES string of the molecule is CCCNC(=O)C(Cc1ccccc1)N(Cc1ccc(F)cc1)C(=O)CN(c1cc(Cl)cc(Cl)c1)S(C)(=O)=O. The first-order valence-corrected chi connectivity index (χ1v) is 14.9. The number of sulfonamides is 1.